The maximum atomic E-state index is 12.5. The topological polar surface area (TPSA) is 116 Å². The molecule has 0 fully saturated rings. The van der Waals surface area contributed by atoms with Gasteiger partial charge in [0.25, 0.3) is 5.69 Å². The van der Waals surface area contributed by atoms with Crippen molar-refractivity contribution in [1.82, 2.24) is 20.2 Å². The molecule has 11 heteroatoms. The molecule has 1 amide bonds. The van der Waals surface area contributed by atoms with Gasteiger partial charge in [-0.25, -0.2) is 0 Å². The minimum Gasteiger partial charge on any atom is -0.324 e. The predicted molar refractivity (Wildman–Crippen MR) is 106 cm³/mol. The van der Waals surface area contributed by atoms with Crippen LogP contribution in [-0.4, -0.2) is 36.3 Å². The minimum atomic E-state index is -0.554. The number of nitro groups is 1. The number of rotatable bonds is 6. The number of nitrogens with zero attached hydrogens (tertiary/aromatic N) is 5. The van der Waals surface area contributed by atoms with Crippen LogP contribution in [0, 0.1) is 17.0 Å². The second kappa shape index (κ2) is 8.36. The van der Waals surface area contributed by atoms with Crippen LogP contribution in [-0.2, 0) is 4.79 Å². The second-order valence-corrected chi connectivity index (χ2v) is 7.60. The lowest BCUT2D eigenvalue weighted by atomic mass is 10.2. The van der Waals surface area contributed by atoms with Crippen molar-refractivity contribution in [2.24, 2.45) is 0 Å². The molecule has 0 saturated carbocycles. The molecule has 1 aromatic heterocycles. The fraction of sp³-hybridized carbons (Fsp3) is 0.176. The van der Waals surface area contributed by atoms with E-state index >= 15 is 0 Å². The maximum Gasteiger partial charge on any atom is 0.271 e. The summed E-state index contributed by atoms with van der Waals surface area (Å²) in [5.41, 5.74) is 1.99. The molecule has 3 aromatic rings. The zero-order valence-electron chi connectivity index (χ0n) is 14.9. The Hall–Kier alpha value is -2.98. The molecule has 1 heterocycles. The van der Waals surface area contributed by atoms with E-state index < -0.39 is 10.2 Å². The molecule has 0 radical (unpaired) electrons. The third-order valence-electron chi connectivity index (χ3n) is 3.76. The van der Waals surface area contributed by atoms with E-state index in [0.717, 1.165) is 11.3 Å². The van der Waals surface area contributed by atoms with E-state index in [1.807, 2.05) is 31.2 Å². The van der Waals surface area contributed by atoms with Crippen LogP contribution >= 0.6 is 23.4 Å². The van der Waals surface area contributed by atoms with Gasteiger partial charge < -0.3 is 5.32 Å². The van der Waals surface area contributed by atoms with Gasteiger partial charge in [-0.05, 0) is 48.0 Å². The standard InChI is InChI=1S/C17H15ClN6O3S/c1-10-4-3-5-12(8-10)23-17(20-21-22-23)28-11(2)16(25)19-15-7-6-13(24(26)27)9-14(15)18/h3-9,11H,1-2H3,(H,19,25). The van der Waals surface area contributed by atoms with Gasteiger partial charge >= 0.3 is 0 Å². The van der Waals surface area contributed by atoms with E-state index in [0.29, 0.717) is 10.8 Å². The van der Waals surface area contributed by atoms with Crippen LogP contribution in [0.15, 0.2) is 47.6 Å². The van der Waals surface area contributed by atoms with Crippen molar-refractivity contribution < 1.29 is 9.72 Å². The molecule has 1 unspecified atom stereocenters. The van der Waals surface area contributed by atoms with E-state index in [2.05, 4.69) is 20.8 Å². The molecule has 0 bridgehead atoms. The third kappa shape index (κ3) is 4.46. The van der Waals surface area contributed by atoms with Crippen molar-refractivity contribution in [3.63, 3.8) is 0 Å². The summed E-state index contributed by atoms with van der Waals surface area (Å²) in [6.45, 7) is 3.67. The molecule has 28 heavy (non-hydrogen) atoms. The Kier molecular flexibility index (Phi) is 5.90. The van der Waals surface area contributed by atoms with Crippen LogP contribution in [0.2, 0.25) is 5.02 Å². The first kappa shape index (κ1) is 19.8. The molecule has 0 spiro atoms. The average molecular weight is 419 g/mol. The summed E-state index contributed by atoms with van der Waals surface area (Å²) in [7, 11) is 0. The average Bonchev–Trinajstić information content (AvgIpc) is 3.11. The SMILES string of the molecule is Cc1cccc(-n2nnnc2SC(C)C(=O)Nc2ccc([N+](=O)[O-])cc2Cl)c1. The highest BCUT2D eigenvalue weighted by Crippen LogP contribution is 2.28. The van der Waals surface area contributed by atoms with Gasteiger partial charge in [0.15, 0.2) is 0 Å². The number of anilines is 1. The predicted octanol–water partition coefficient (Wildman–Crippen LogP) is 3.65. The first-order valence-corrected chi connectivity index (χ1v) is 9.38. The highest BCUT2D eigenvalue weighted by molar-refractivity contribution is 8.00. The van der Waals surface area contributed by atoms with Crippen LogP contribution in [0.25, 0.3) is 5.69 Å². The van der Waals surface area contributed by atoms with Gasteiger partial charge in [0.05, 0.1) is 26.6 Å². The lowest BCUT2D eigenvalue weighted by Crippen LogP contribution is -2.23. The number of halogens is 1. The number of tetrazole rings is 1. The van der Waals surface area contributed by atoms with Crippen molar-refractivity contribution in [3.05, 3.63) is 63.2 Å². The van der Waals surface area contributed by atoms with Crippen LogP contribution in [0.3, 0.4) is 0 Å². The number of benzene rings is 2. The van der Waals surface area contributed by atoms with Crippen molar-refractivity contribution >= 4 is 40.6 Å². The summed E-state index contributed by atoms with van der Waals surface area (Å²) in [5, 5.41) is 25.1. The largest absolute Gasteiger partial charge is 0.324 e. The quantitative estimate of drug-likeness (QED) is 0.369. The molecule has 3 rings (SSSR count). The number of hydrogen-bond acceptors (Lipinski definition) is 7. The zero-order chi connectivity index (χ0) is 20.3. The molecule has 0 aliphatic carbocycles. The first-order chi connectivity index (χ1) is 13.3. The number of nitrogens with one attached hydrogen (secondary N) is 1. The summed E-state index contributed by atoms with van der Waals surface area (Å²) in [6, 6.07) is 11.5. The van der Waals surface area contributed by atoms with Crippen LogP contribution in [0.4, 0.5) is 11.4 Å². The molecule has 1 N–H and O–H groups in total. The Labute approximate surface area is 169 Å². The molecule has 0 aliphatic heterocycles. The molecule has 2 aromatic carbocycles. The summed E-state index contributed by atoms with van der Waals surface area (Å²) in [5.74, 6) is -0.334. The number of aryl methyl sites for hydroxylation is 1. The minimum absolute atomic E-state index is 0.0874. The van der Waals surface area contributed by atoms with Gasteiger partial charge in [0.1, 0.15) is 0 Å². The van der Waals surface area contributed by atoms with Crippen molar-refractivity contribution in [1.29, 1.82) is 0 Å². The Morgan fingerprint density at radius 1 is 1.32 bits per heavy atom. The Balaban J connectivity index is 1.72. The van der Waals surface area contributed by atoms with Crippen molar-refractivity contribution in [2.45, 2.75) is 24.3 Å². The summed E-state index contributed by atoms with van der Waals surface area (Å²) in [4.78, 5) is 22.7. The molecule has 0 aliphatic rings. The fourth-order valence-electron chi connectivity index (χ4n) is 2.34. The van der Waals surface area contributed by atoms with Crippen molar-refractivity contribution in [3.8, 4) is 5.69 Å². The van der Waals surface area contributed by atoms with Gasteiger partial charge in [-0.3, -0.25) is 14.9 Å². The number of carbonyl (C=O) groups is 1. The van der Waals surface area contributed by atoms with Gasteiger partial charge in [0.2, 0.25) is 11.1 Å². The van der Waals surface area contributed by atoms with Crippen molar-refractivity contribution in [2.75, 3.05) is 5.32 Å². The van der Waals surface area contributed by atoms with E-state index in [9.17, 15) is 14.9 Å². The summed E-state index contributed by atoms with van der Waals surface area (Å²) in [6.07, 6.45) is 0. The molecule has 9 nitrogen and oxygen atoms in total. The van der Waals surface area contributed by atoms with E-state index in [1.54, 1.807) is 11.6 Å². The van der Waals surface area contributed by atoms with E-state index in [-0.39, 0.29) is 16.6 Å². The number of hydrogen-bond donors (Lipinski definition) is 1. The number of thioether (sulfide) groups is 1. The first-order valence-electron chi connectivity index (χ1n) is 8.12. The van der Waals surface area contributed by atoms with Gasteiger partial charge in [-0.2, -0.15) is 4.68 Å². The third-order valence-corrected chi connectivity index (χ3v) is 5.11. The van der Waals surface area contributed by atoms with Crippen LogP contribution < -0.4 is 5.32 Å². The number of non-ortho nitro benzene ring substituents is 1. The van der Waals surface area contributed by atoms with Crippen LogP contribution in [0.5, 0.6) is 0 Å². The molecular formula is C17H15ClN6O3S. The lowest BCUT2D eigenvalue weighted by molar-refractivity contribution is -0.384. The van der Waals surface area contributed by atoms with Gasteiger partial charge in [-0.15, -0.1) is 5.10 Å². The highest BCUT2D eigenvalue weighted by atomic mass is 35.5. The maximum absolute atomic E-state index is 12.5. The Bertz CT molecular complexity index is 1040. The highest BCUT2D eigenvalue weighted by Gasteiger charge is 2.21. The van der Waals surface area contributed by atoms with Crippen LogP contribution in [0.1, 0.15) is 12.5 Å². The smallest absolute Gasteiger partial charge is 0.271 e. The normalized spacial score (nSPS) is 11.8. The second-order valence-electron chi connectivity index (χ2n) is 5.88. The molecule has 144 valence electrons. The monoisotopic (exact) mass is 418 g/mol. The van der Waals surface area contributed by atoms with Gasteiger partial charge in [0, 0.05) is 12.1 Å². The van der Waals surface area contributed by atoms with E-state index in [4.69, 9.17) is 11.6 Å². The summed E-state index contributed by atoms with van der Waals surface area (Å²) < 4.78 is 1.56. The Morgan fingerprint density at radius 2 is 2.11 bits per heavy atom. The van der Waals surface area contributed by atoms with Gasteiger partial charge in [-0.1, -0.05) is 35.5 Å². The Morgan fingerprint density at radius 3 is 2.79 bits per heavy atom. The zero-order valence-corrected chi connectivity index (χ0v) is 16.4. The number of amides is 1. The molecular weight excluding hydrogens is 404 g/mol. The molecule has 1 atom stereocenters. The summed E-state index contributed by atoms with van der Waals surface area (Å²) >= 11 is 7.20. The lowest BCUT2D eigenvalue weighted by Gasteiger charge is -2.12. The fourth-order valence-corrected chi connectivity index (χ4v) is 3.37. The number of nitro benzene ring substituents is 1. The molecule has 0 saturated heterocycles. The number of carbonyl (C=O) groups excluding carboxylic acids is 1. The van der Waals surface area contributed by atoms with E-state index in [1.165, 1.54) is 30.0 Å². The number of aromatic nitrogens is 4.